The molecule has 3 aromatic carbocycles. The van der Waals surface area contributed by atoms with Crippen molar-refractivity contribution in [2.45, 2.75) is 12.8 Å². The zero-order valence-corrected chi connectivity index (χ0v) is 15.6. The largest absolute Gasteiger partial charge is 0.508 e. The van der Waals surface area contributed by atoms with E-state index in [0.29, 0.717) is 18.7 Å². The van der Waals surface area contributed by atoms with Gasteiger partial charge in [0.05, 0.1) is 11.3 Å². The molecule has 0 unspecified atom stereocenters. The van der Waals surface area contributed by atoms with Gasteiger partial charge in [-0.05, 0) is 41.0 Å². The number of carbonyl (C=O) groups excluding carboxylic acids is 1. The summed E-state index contributed by atoms with van der Waals surface area (Å²) in [6.45, 7) is 0. The number of amidine groups is 1. The molecule has 5 heteroatoms. The van der Waals surface area contributed by atoms with E-state index in [1.165, 1.54) is 12.1 Å². The first kappa shape index (κ1) is 18.6. The van der Waals surface area contributed by atoms with Gasteiger partial charge in [-0.3, -0.25) is 4.79 Å². The third-order valence-electron chi connectivity index (χ3n) is 4.77. The molecule has 1 aliphatic rings. The zero-order chi connectivity index (χ0) is 20.2. The molecule has 0 saturated carbocycles. The summed E-state index contributed by atoms with van der Waals surface area (Å²) < 4.78 is 13.9. The monoisotopic (exact) mass is 386 g/mol. The second-order valence-corrected chi connectivity index (χ2v) is 6.80. The molecule has 4 nitrogen and oxygen atoms in total. The van der Waals surface area contributed by atoms with Gasteiger partial charge in [0.15, 0.2) is 0 Å². The van der Waals surface area contributed by atoms with Gasteiger partial charge in [0.1, 0.15) is 17.4 Å². The molecule has 0 atom stereocenters. The minimum Gasteiger partial charge on any atom is -0.508 e. The number of benzene rings is 3. The first-order valence-electron chi connectivity index (χ1n) is 9.29. The molecule has 1 amide bonds. The highest BCUT2D eigenvalue weighted by Crippen LogP contribution is 2.32. The summed E-state index contributed by atoms with van der Waals surface area (Å²) in [4.78, 5) is 17.1. The number of halogens is 1. The Morgan fingerprint density at radius 1 is 0.966 bits per heavy atom. The minimum atomic E-state index is -0.570. The molecule has 1 heterocycles. The van der Waals surface area contributed by atoms with Crippen molar-refractivity contribution < 1.29 is 14.3 Å². The van der Waals surface area contributed by atoms with Crippen molar-refractivity contribution >= 4 is 17.3 Å². The van der Waals surface area contributed by atoms with Crippen molar-refractivity contribution in [3.63, 3.8) is 0 Å². The molecule has 144 valence electrons. The number of allylic oxidation sites excluding steroid dienone is 1. The maximum absolute atomic E-state index is 13.9. The highest BCUT2D eigenvalue weighted by Gasteiger charge is 2.22. The first-order valence-corrected chi connectivity index (χ1v) is 9.29. The number of aromatic hydroxyl groups is 1. The van der Waals surface area contributed by atoms with Crippen molar-refractivity contribution in [1.82, 2.24) is 5.32 Å². The van der Waals surface area contributed by atoms with E-state index >= 15 is 0 Å². The summed E-state index contributed by atoms with van der Waals surface area (Å²) >= 11 is 0. The number of hydrogen-bond acceptors (Lipinski definition) is 3. The Labute approximate surface area is 168 Å². The number of amides is 1. The van der Waals surface area contributed by atoms with E-state index in [4.69, 9.17) is 0 Å². The van der Waals surface area contributed by atoms with Crippen LogP contribution in [0.3, 0.4) is 0 Å². The van der Waals surface area contributed by atoms with E-state index < -0.39 is 11.7 Å². The lowest BCUT2D eigenvalue weighted by atomic mass is 9.98. The topological polar surface area (TPSA) is 61.7 Å². The van der Waals surface area contributed by atoms with Gasteiger partial charge in [0, 0.05) is 12.8 Å². The molecule has 2 N–H and O–H groups in total. The number of carbonyl (C=O) groups is 1. The minimum absolute atomic E-state index is 0.0158. The maximum atomic E-state index is 13.9. The molecule has 1 aliphatic heterocycles. The number of nitrogens with zero attached hydrogens (tertiary/aromatic N) is 1. The van der Waals surface area contributed by atoms with Crippen LogP contribution in [0, 0.1) is 5.82 Å². The number of phenolic OH excluding ortho intramolecular Hbond substituents is 1. The maximum Gasteiger partial charge on any atom is 0.259 e. The lowest BCUT2D eigenvalue weighted by molar-refractivity contribution is 0.0972. The van der Waals surface area contributed by atoms with Gasteiger partial charge in [-0.2, -0.15) is 0 Å². The van der Waals surface area contributed by atoms with Gasteiger partial charge < -0.3 is 10.4 Å². The van der Waals surface area contributed by atoms with Crippen molar-refractivity contribution in [3.8, 4) is 5.75 Å². The predicted molar refractivity (Wildman–Crippen MR) is 111 cm³/mol. The SMILES string of the molecule is O=C(NC1=NC(Cc2ccccc2)=C(c2ccc(O)cc2)C1)c1ccccc1F. The van der Waals surface area contributed by atoms with Gasteiger partial charge in [-0.25, -0.2) is 9.38 Å². The van der Waals surface area contributed by atoms with E-state index in [9.17, 15) is 14.3 Å². The van der Waals surface area contributed by atoms with Crippen LogP contribution in [-0.2, 0) is 6.42 Å². The van der Waals surface area contributed by atoms with E-state index in [1.807, 2.05) is 42.5 Å². The molecule has 0 saturated heterocycles. The van der Waals surface area contributed by atoms with Crippen molar-refractivity contribution in [1.29, 1.82) is 0 Å². The predicted octanol–water partition coefficient (Wildman–Crippen LogP) is 4.72. The zero-order valence-electron chi connectivity index (χ0n) is 15.6. The van der Waals surface area contributed by atoms with Crippen LogP contribution in [0.25, 0.3) is 5.57 Å². The van der Waals surface area contributed by atoms with Crippen LogP contribution < -0.4 is 5.32 Å². The highest BCUT2D eigenvalue weighted by molar-refractivity contribution is 6.11. The summed E-state index contributed by atoms with van der Waals surface area (Å²) in [5.41, 5.74) is 3.82. The molecule has 0 fully saturated rings. The molecular formula is C24H19FN2O2. The van der Waals surface area contributed by atoms with Crippen LogP contribution in [0.1, 0.15) is 27.9 Å². The fourth-order valence-electron chi connectivity index (χ4n) is 3.32. The van der Waals surface area contributed by atoms with Crippen LogP contribution in [0.2, 0.25) is 0 Å². The van der Waals surface area contributed by atoms with Crippen LogP contribution >= 0.6 is 0 Å². The van der Waals surface area contributed by atoms with E-state index in [0.717, 1.165) is 22.4 Å². The van der Waals surface area contributed by atoms with Crippen LogP contribution in [0.5, 0.6) is 5.75 Å². The van der Waals surface area contributed by atoms with Gasteiger partial charge in [-0.15, -0.1) is 0 Å². The van der Waals surface area contributed by atoms with Gasteiger partial charge >= 0.3 is 0 Å². The van der Waals surface area contributed by atoms with Crippen LogP contribution in [0.15, 0.2) is 89.6 Å². The van der Waals surface area contributed by atoms with Crippen LogP contribution in [0.4, 0.5) is 4.39 Å². The molecule has 0 aliphatic carbocycles. The van der Waals surface area contributed by atoms with E-state index in [1.54, 1.807) is 24.3 Å². The smallest absolute Gasteiger partial charge is 0.259 e. The average Bonchev–Trinajstić information content (AvgIpc) is 3.11. The number of nitrogens with one attached hydrogen (secondary N) is 1. The fourth-order valence-corrected chi connectivity index (χ4v) is 3.32. The third kappa shape index (κ3) is 4.24. The standard InChI is InChI=1S/C24H19FN2O2/c25-21-9-5-4-8-19(21)24(29)27-23-15-20(17-10-12-18(28)13-11-17)22(26-23)14-16-6-2-1-3-7-16/h1-13,28H,14-15H2,(H,26,27,29). The van der Waals surface area contributed by atoms with Crippen molar-refractivity contribution in [2.24, 2.45) is 4.99 Å². The molecule has 0 radical (unpaired) electrons. The summed E-state index contributed by atoms with van der Waals surface area (Å²) in [6.07, 6.45) is 1.03. The molecular weight excluding hydrogens is 367 g/mol. The Hall–Kier alpha value is -3.73. The summed E-state index contributed by atoms with van der Waals surface area (Å²) in [6, 6.07) is 22.7. The second-order valence-electron chi connectivity index (χ2n) is 6.80. The second kappa shape index (κ2) is 8.10. The number of aliphatic imine (C=N–C) groups is 1. The first-order chi connectivity index (χ1) is 14.1. The Kier molecular flexibility index (Phi) is 5.20. The van der Waals surface area contributed by atoms with Crippen molar-refractivity contribution in [2.75, 3.05) is 0 Å². The number of rotatable bonds is 4. The Morgan fingerprint density at radius 3 is 2.38 bits per heavy atom. The number of phenols is 1. The molecule has 4 rings (SSSR count). The summed E-state index contributed by atoms with van der Waals surface area (Å²) in [7, 11) is 0. The lowest BCUT2D eigenvalue weighted by Gasteiger charge is -2.08. The van der Waals surface area contributed by atoms with Gasteiger partial charge in [0.25, 0.3) is 5.91 Å². The molecule has 0 bridgehead atoms. The van der Waals surface area contributed by atoms with Gasteiger partial charge in [-0.1, -0.05) is 54.6 Å². The van der Waals surface area contributed by atoms with E-state index in [-0.39, 0.29) is 11.3 Å². The summed E-state index contributed by atoms with van der Waals surface area (Å²) in [5, 5.41) is 12.3. The fraction of sp³-hybridized carbons (Fsp3) is 0.0833. The van der Waals surface area contributed by atoms with Gasteiger partial charge in [0.2, 0.25) is 0 Å². The lowest BCUT2D eigenvalue weighted by Crippen LogP contribution is -2.30. The quantitative estimate of drug-likeness (QED) is 0.682. The normalized spacial score (nSPS) is 13.3. The van der Waals surface area contributed by atoms with E-state index in [2.05, 4.69) is 10.3 Å². The molecule has 29 heavy (non-hydrogen) atoms. The Bertz CT molecular complexity index is 1100. The Balaban J connectivity index is 1.61. The Morgan fingerprint density at radius 2 is 1.66 bits per heavy atom. The van der Waals surface area contributed by atoms with Crippen molar-refractivity contribution in [3.05, 3.63) is 107 Å². The highest BCUT2D eigenvalue weighted by atomic mass is 19.1. The van der Waals surface area contributed by atoms with Crippen LogP contribution in [-0.4, -0.2) is 16.8 Å². The molecule has 0 spiro atoms. The third-order valence-corrected chi connectivity index (χ3v) is 4.77. The molecule has 3 aromatic rings. The molecule has 0 aromatic heterocycles. The average molecular weight is 386 g/mol. The number of hydrogen-bond donors (Lipinski definition) is 2. The summed E-state index contributed by atoms with van der Waals surface area (Å²) in [5.74, 6) is -0.425.